The van der Waals surface area contributed by atoms with Crippen LogP contribution in [0.4, 0.5) is 0 Å². The van der Waals surface area contributed by atoms with Crippen LogP contribution < -0.4 is 0 Å². The maximum atomic E-state index is 4.56. The van der Waals surface area contributed by atoms with Gasteiger partial charge in [-0.2, -0.15) is 0 Å². The molecule has 0 saturated carbocycles. The molecule has 11 heavy (non-hydrogen) atoms. The zero-order valence-electron chi connectivity index (χ0n) is 6.28. The first-order valence-corrected chi connectivity index (χ1v) is 4.77. The van der Waals surface area contributed by atoms with Crippen molar-refractivity contribution in [2.45, 2.75) is 19.4 Å². The molecular weight excluding hydrogens is 174 g/mol. The summed E-state index contributed by atoms with van der Waals surface area (Å²) in [5.74, 6) is 0. The SMILES string of the molecule is CCC(N=C=S)c1cccs1. The van der Waals surface area contributed by atoms with Gasteiger partial charge in [0.05, 0.1) is 11.2 Å². The Bertz CT molecular complexity index is 247. The number of thiocarbonyl (C=S) groups is 1. The second-order valence-corrected chi connectivity index (χ2v) is 3.32. The predicted molar refractivity (Wildman–Crippen MR) is 52.4 cm³/mol. The van der Waals surface area contributed by atoms with Crippen LogP contribution in [0.3, 0.4) is 0 Å². The lowest BCUT2D eigenvalue weighted by Crippen LogP contribution is -1.87. The van der Waals surface area contributed by atoms with Crippen LogP contribution >= 0.6 is 23.6 Å². The van der Waals surface area contributed by atoms with Gasteiger partial charge in [-0.15, -0.1) is 11.3 Å². The molecule has 1 atom stereocenters. The molecule has 0 spiro atoms. The van der Waals surface area contributed by atoms with E-state index in [2.05, 4.69) is 40.7 Å². The van der Waals surface area contributed by atoms with E-state index < -0.39 is 0 Å². The summed E-state index contributed by atoms with van der Waals surface area (Å²) >= 11 is 6.27. The van der Waals surface area contributed by atoms with Gasteiger partial charge in [-0.3, -0.25) is 0 Å². The minimum absolute atomic E-state index is 0.229. The standard InChI is InChI=1S/C8H9NS2/c1-2-7(9-6-10)8-4-3-5-11-8/h3-5,7H,2H2,1H3. The third kappa shape index (κ3) is 2.22. The molecule has 0 aromatic carbocycles. The van der Waals surface area contributed by atoms with Gasteiger partial charge in [0.15, 0.2) is 0 Å². The largest absolute Gasteiger partial charge is 0.223 e. The molecule has 1 rings (SSSR count). The van der Waals surface area contributed by atoms with E-state index in [4.69, 9.17) is 0 Å². The third-order valence-corrected chi connectivity index (χ3v) is 2.55. The molecule has 0 fully saturated rings. The smallest absolute Gasteiger partial charge is 0.0941 e. The molecule has 1 aromatic heterocycles. The zero-order chi connectivity index (χ0) is 8.10. The van der Waals surface area contributed by atoms with Crippen molar-refractivity contribution in [3.63, 3.8) is 0 Å². The van der Waals surface area contributed by atoms with Gasteiger partial charge in [-0.1, -0.05) is 13.0 Å². The van der Waals surface area contributed by atoms with Crippen LogP contribution in [0.5, 0.6) is 0 Å². The van der Waals surface area contributed by atoms with Crippen LogP contribution in [0.15, 0.2) is 22.5 Å². The van der Waals surface area contributed by atoms with Crippen LogP contribution in [0.1, 0.15) is 24.3 Å². The number of nitrogens with zero attached hydrogens (tertiary/aromatic N) is 1. The van der Waals surface area contributed by atoms with Gasteiger partial charge in [0, 0.05) is 4.88 Å². The maximum Gasteiger partial charge on any atom is 0.0941 e. The highest BCUT2D eigenvalue weighted by atomic mass is 32.1. The lowest BCUT2D eigenvalue weighted by molar-refractivity contribution is 0.720. The minimum Gasteiger partial charge on any atom is -0.223 e. The van der Waals surface area contributed by atoms with Gasteiger partial charge in [0.2, 0.25) is 0 Å². The Morgan fingerprint density at radius 2 is 2.64 bits per heavy atom. The molecule has 0 aliphatic heterocycles. The van der Waals surface area contributed by atoms with Crippen LogP contribution in [0.25, 0.3) is 0 Å². The first kappa shape index (κ1) is 8.60. The fraction of sp³-hybridized carbons (Fsp3) is 0.375. The summed E-state index contributed by atoms with van der Waals surface area (Å²) in [6, 6.07) is 4.34. The van der Waals surface area contributed by atoms with Crippen molar-refractivity contribution < 1.29 is 0 Å². The third-order valence-electron chi connectivity index (χ3n) is 1.47. The van der Waals surface area contributed by atoms with E-state index >= 15 is 0 Å². The Balaban J connectivity index is 2.79. The van der Waals surface area contributed by atoms with Gasteiger partial charge in [0.1, 0.15) is 0 Å². The lowest BCUT2D eigenvalue weighted by Gasteiger charge is -2.02. The normalized spacial score (nSPS) is 12.1. The van der Waals surface area contributed by atoms with Gasteiger partial charge in [0.25, 0.3) is 0 Å². The summed E-state index contributed by atoms with van der Waals surface area (Å²) in [5, 5.41) is 4.47. The monoisotopic (exact) mass is 183 g/mol. The van der Waals surface area contributed by atoms with E-state index in [1.165, 1.54) is 4.88 Å². The second-order valence-electron chi connectivity index (χ2n) is 2.16. The van der Waals surface area contributed by atoms with Crippen molar-refractivity contribution in [1.29, 1.82) is 0 Å². The Morgan fingerprint density at radius 1 is 1.82 bits per heavy atom. The fourth-order valence-corrected chi connectivity index (χ4v) is 1.88. The number of hydrogen-bond donors (Lipinski definition) is 0. The molecule has 1 heterocycles. The van der Waals surface area contributed by atoms with Crippen LogP contribution in [-0.4, -0.2) is 5.16 Å². The number of isothiocyanates is 1. The minimum atomic E-state index is 0.229. The van der Waals surface area contributed by atoms with Crippen molar-refractivity contribution in [2.24, 2.45) is 4.99 Å². The second kappa shape index (κ2) is 4.39. The molecule has 0 aliphatic rings. The number of rotatable bonds is 3. The molecule has 0 bridgehead atoms. The van der Waals surface area contributed by atoms with Crippen LogP contribution in [0, 0.1) is 0 Å². The predicted octanol–water partition coefficient (Wildman–Crippen LogP) is 3.30. The van der Waals surface area contributed by atoms with Gasteiger partial charge >= 0.3 is 0 Å². The molecule has 1 aromatic rings. The highest BCUT2D eigenvalue weighted by Gasteiger charge is 2.06. The topological polar surface area (TPSA) is 12.4 Å². The van der Waals surface area contributed by atoms with E-state index in [0.717, 1.165) is 6.42 Å². The molecule has 0 radical (unpaired) electrons. The van der Waals surface area contributed by atoms with Crippen LogP contribution in [0.2, 0.25) is 0 Å². The molecule has 1 unspecified atom stereocenters. The van der Waals surface area contributed by atoms with E-state index in [1.807, 2.05) is 6.07 Å². The quantitative estimate of drug-likeness (QED) is 0.517. The molecule has 1 nitrogen and oxygen atoms in total. The molecule has 0 amide bonds. The van der Waals surface area contributed by atoms with E-state index in [-0.39, 0.29) is 6.04 Å². The average molecular weight is 183 g/mol. The molecule has 0 aliphatic carbocycles. The zero-order valence-corrected chi connectivity index (χ0v) is 7.91. The maximum absolute atomic E-state index is 4.56. The van der Waals surface area contributed by atoms with Crippen molar-refractivity contribution in [3.05, 3.63) is 22.4 Å². The van der Waals surface area contributed by atoms with Crippen LogP contribution in [-0.2, 0) is 0 Å². The van der Waals surface area contributed by atoms with Crippen molar-refractivity contribution in [1.82, 2.24) is 0 Å². The molecule has 3 heteroatoms. The average Bonchev–Trinajstić information content (AvgIpc) is 2.52. The Morgan fingerprint density at radius 3 is 3.09 bits per heavy atom. The highest BCUT2D eigenvalue weighted by molar-refractivity contribution is 7.78. The van der Waals surface area contributed by atoms with Crippen molar-refractivity contribution in [3.8, 4) is 0 Å². The highest BCUT2D eigenvalue weighted by Crippen LogP contribution is 2.24. The summed E-state index contributed by atoms with van der Waals surface area (Å²) < 4.78 is 0. The summed E-state index contributed by atoms with van der Waals surface area (Å²) in [6.45, 7) is 2.10. The summed E-state index contributed by atoms with van der Waals surface area (Å²) in [6.07, 6.45) is 0.990. The Labute approximate surface area is 75.8 Å². The van der Waals surface area contributed by atoms with Crippen molar-refractivity contribution in [2.75, 3.05) is 0 Å². The summed E-state index contributed by atoms with van der Waals surface area (Å²) in [5.41, 5.74) is 0. The number of hydrogen-bond acceptors (Lipinski definition) is 3. The van der Waals surface area contributed by atoms with E-state index in [0.29, 0.717) is 0 Å². The molecule has 0 N–H and O–H groups in total. The first-order valence-electron chi connectivity index (χ1n) is 3.49. The summed E-state index contributed by atoms with van der Waals surface area (Å²) in [7, 11) is 0. The fourth-order valence-electron chi connectivity index (χ4n) is 0.901. The van der Waals surface area contributed by atoms with E-state index in [1.54, 1.807) is 11.3 Å². The number of aliphatic imine (C=N–C) groups is 1. The molecule has 0 saturated heterocycles. The Hall–Kier alpha value is -0.500. The summed E-state index contributed by atoms with van der Waals surface area (Å²) in [4.78, 5) is 5.33. The molecular formula is C8H9NS2. The van der Waals surface area contributed by atoms with Gasteiger partial charge in [-0.05, 0) is 30.1 Å². The Kier molecular flexibility index (Phi) is 3.43. The van der Waals surface area contributed by atoms with Gasteiger partial charge < -0.3 is 0 Å². The molecule has 58 valence electrons. The number of thiophene rings is 1. The first-order chi connectivity index (χ1) is 5.38. The van der Waals surface area contributed by atoms with E-state index in [9.17, 15) is 0 Å². The lowest BCUT2D eigenvalue weighted by atomic mass is 10.2. The van der Waals surface area contributed by atoms with Crippen molar-refractivity contribution >= 4 is 28.7 Å². The van der Waals surface area contributed by atoms with Gasteiger partial charge in [-0.25, -0.2) is 4.99 Å².